The molecule has 0 aromatic heterocycles. The number of nitrogens with zero attached hydrogens (tertiary/aromatic N) is 2. The maximum Gasteiger partial charge on any atom is 0.244 e. The lowest BCUT2D eigenvalue weighted by Crippen LogP contribution is -2.52. The summed E-state index contributed by atoms with van der Waals surface area (Å²) in [5.74, 6) is -0.399. The van der Waals surface area contributed by atoms with Crippen LogP contribution >= 0.6 is 0 Å². The average Bonchev–Trinajstić information content (AvgIpc) is 2.77. The molecule has 0 spiro atoms. The van der Waals surface area contributed by atoms with Gasteiger partial charge in [0.2, 0.25) is 21.8 Å². The Bertz CT molecular complexity index is 1080. The van der Waals surface area contributed by atoms with Crippen molar-refractivity contribution in [1.82, 2.24) is 10.2 Å². The second-order valence-corrected chi connectivity index (χ2v) is 11.0. The number of nitrogens with one attached hydrogen (secondary N) is 1. The maximum atomic E-state index is 13.6. The van der Waals surface area contributed by atoms with Crippen LogP contribution in [0.3, 0.4) is 0 Å². The quantitative estimate of drug-likeness (QED) is 0.524. The molecule has 1 N–H and O–H groups in total. The van der Waals surface area contributed by atoms with Crippen molar-refractivity contribution in [2.24, 2.45) is 5.92 Å². The van der Waals surface area contributed by atoms with Crippen molar-refractivity contribution in [2.45, 2.75) is 53.6 Å². The van der Waals surface area contributed by atoms with E-state index >= 15 is 0 Å². The molecule has 2 aromatic rings. The third-order valence-corrected chi connectivity index (χ3v) is 6.81. The second kappa shape index (κ2) is 12.0. The van der Waals surface area contributed by atoms with Gasteiger partial charge >= 0.3 is 0 Å². The summed E-state index contributed by atoms with van der Waals surface area (Å²) in [5, 5.41) is 2.93. The molecule has 186 valence electrons. The lowest BCUT2D eigenvalue weighted by atomic mass is 10.1. The number of benzene rings is 2. The fraction of sp³-hybridized carbons (Fsp3) is 0.462. The number of hydrogen-bond acceptors (Lipinski definition) is 4. The molecule has 2 amide bonds. The number of carbonyl (C=O) groups excluding carboxylic acids is 2. The zero-order valence-electron chi connectivity index (χ0n) is 21.0. The summed E-state index contributed by atoms with van der Waals surface area (Å²) in [6.07, 6.45) is 1.49. The minimum absolute atomic E-state index is 0.213. The van der Waals surface area contributed by atoms with Gasteiger partial charge in [-0.05, 0) is 49.4 Å². The van der Waals surface area contributed by atoms with E-state index in [4.69, 9.17) is 0 Å². The second-order valence-electron chi connectivity index (χ2n) is 9.12. The van der Waals surface area contributed by atoms with E-state index in [1.54, 1.807) is 24.3 Å². The Balaban J connectivity index is 2.42. The number of amides is 2. The zero-order chi connectivity index (χ0) is 25.5. The van der Waals surface area contributed by atoms with Gasteiger partial charge in [-0.2, -0.15) is 0 Å². The van der Waals surface area contributed by atoms with E-state index in [2.05, 4.69) is 5.32 Å². The van der Waals surface area contributed by atoms with Gasteiger partial charge in [0.1, 0.15) is 12.6 Å². The van der Waals surface area contributed by atoms with E-state index in [0.717, 1.165) is 27.3 Å². The highest BCUT2D eigenvalue weighted by Crippen LogP contribution is 2.21. The van der Waals surface area contributed by atoms with Gasteiger partial charge in [-0.15, -0.1) is 0 Å². The minimum atomic E-state index is -3.73. The van der Waals surface area contributed by atoms with Crippen LogP contribution in [0.25, 0.3) is 0 Å². The molecule has 0 fully saturated rings. The van der Waals surface area contributed by atoms with Gasteiger partial charge in [0.25, 0.3) is 0 Å². The van der Waals surface area contributed by atoms with Crippen molar-refractivity contribution >= 4 is 27.5 Å². The molecule has 0 saturated carbocycles. The van der Waals surface area contributed by atoms with Crippen LogP contribution in [-0.4, -0.2) is 50.5 Å². The summed E-state index contributed by atoms with van der Waals surface area (Å²) in [7, 11) is -3.73. The van der Waals surface area contributed by atoms with Gasteiger partial charge in [0.15, 0.2) is 0 Å². The smallest absolute Gasteiger partial charge is 0.244 e. The molecule has 1 atom stereocenters. The highest BCUT2D eigenvalue weighted by Gasteiger charge is 2.31. The predicted octanol–water partition coefficient (Wildman–Crippen LogP) is 3.65. The zero-order valence-corrected chi connectivity index (χ0v) is 21.9. The van der Waals surface area contributed by atoms with E-state index in [1.807, 2.05) is 58.9 Å². The molecule has 0 aliphatic heterocycles. The fourth-order valence-electron chi connectivity index (χ4n) is 3.64. The number of hydrogen-bond donors (Lipinski definition) is 1. The molecule has 0 heterocycles. The predicted molar refractivity (Wildman–Crippen MR) is 137 cm³/mol. The van der Waals surface area contributed by atoms with Crippen molar-refractivity contribution in [3.05, 3.63) is 65.2 Å². The summed E-state index contributed by atoms with van der Waals surface area (Å²) in [5.41, 5.74) is 3.30. The first-order valence-electron chi connectivity index (χ1n) is 11.6. The SMILES string of the molecule is CC[C@H](C(=O)NCC(C)C)N(Cc1ccccc1C)C(=O)CN(c1ccc(C)cc1)S(C)(=O)=O. The normalized spacial score (nSPS) is 12.3. The van der Waals surface area contributed by atoms with Crippen molar-refractivity contribution in [3.8, 4) is 0 Å². The molecule has 0 aliphatic rings. The van der Waals surface area contributed by atoms with Crippen LogP contribution in [0.1, 0.15) is 43.9 Å². The minimum Gasteiger partial charge on any atom is -0.354 e. The van der Waals surface area contributed by atoms with E-state index in [-0.39, 0.29) is 24.9 Å². The number of rotatable bonds is 11. The van der Waals surface area contributed by atoms with Crippen LogP contribution < -0.4 is 9.62 Å². The lowest BCUT2D eigenvalue weighted by Gasteiger charge is -2.33. The van der Waals surface area contributed by atoms with Crippen LogP contribution in [0.4, 0.5) is 5.69 Å². The first-order valence-corrected chi connectivity index (χ1v) is 13.4. The molecule has 0 saturated heterocycles. The topological polar surface area (TPSA) is 86.8 Å². The molecular weight excluding hydrogens is 450 g/mol. The van der Waals surface area contributed by atoms with E-state index in [1.165, 1.54) is 4.90 Å². The summed E-state index contributed by atoms with van der Waals surface area (Å²) < 4.78 is 26.3. The lowest BCUT2D eigenvalue weighted by molar-refractivity contribution is -0.140. The molecule has 0 unspecified atom stereocenters. The highest BCUT2D eigenvalue weighted by atomic mass is 32.2. The molecule has 2 aromatic carbocycles. The molecule has 8 heteroatoms. The molecule has 34 heavy (non-hydrogen) atoms. The third-order valence-electron chi connectivity index (χ3n) is 5.67. The summed E-state index contributed by atoms with van der Waals surface area (Å²) >= 11 is 0. The highest BCUT2D eigenvalue weighted by molar-refractivity contribution is 7.92. The Hall–Kier alpha value is -2.87. The van der Waals surface area contributed by atoms with E-state index in [0.29, 0.717) is 18.7 Å². The number of aryl methyl sites for hydroxylation is 2. The maximum absolute atomic E-state index is 13.6. The van der Waals surface area contributed by atoms with Crippen molar-refractivity contribution in [2.75, 3.05) is 23.7 Å². The Labute approximate surface area is 204 Å². The van der Waals surface area contributed by atoms with E-state index < -0.39 is 22.0 Å². The van der Waals surface area contributed by atoms with Gasteiger partial charge in [-0.3, -0.25) is 13.9 Å². The van der Waals surface area contributed by atoms with Crippen LogP contribution in [0, 0.1) is 19.8 Å². The summed E-state index contributed by atoms with van der Waals surface area (Å²) in [4.78, 5) is 28.2. The standard InChI is InChI=1S/C26H37N3O4S/c1-7-24(26(31)27-16-19(2)3)28(17-22-11-9-8-10-21(22)5)25(30)18-29(34(6,32)33)23-14-12-20(4)13-15-23/h8-15,19,24H,7,16-18H2,1-6H3,(H,27,31)/t24-/m1/s1. The Morgan fingerprint density at radius 1 is 1.00 bits per heavy atom. The first kappa shape index (κ1) is 27.4. The van der Waals surface area contributed by atoms with Gasteiger partial charge in [-0.1, -0.05) is 62.7 Å². The molecule has 2 rings (SSSR count). The van der Waals surface area contributed by atoms with Crippen LogP contribution in [0.15, 0.2) is 48.5 Å². The summed E-state index contributed by atoms with van der Waals surface area (Å²) in [6.45, 7) is 10.0. The molecule has 0 aliphatic carbocycles. The first-order chi connectivity index (χ1) is 15.9. The van der Waals surface area contributed by atoms with Crippen molar-refractivity contribution in [1.29, 1.82) is 0 Å². The van der Waals surface area contributed by atoms with Crippen LogP contribution in [-0.2, 0) is 26.2 Å². The van der Waals surface area contributed by atoms with Crippen molar-refractivity contribution in [3.63, 3.8) is 0 Å². The monoisotopic (exact) mass is 487 g/mol. The Morgan fingerprint density at radius 2 is 1.62 bits per heavy atom. The van der Waals surface area contributed by atoms with Crippen LogP contribution in [0.5, 0.6) is 0 Å². The number of anilines is 1. The Morgan fingerprint density at radius 3 is 2.15 bits per heavy atom. The van der Waals surface area contributed by atoms with Crippen molar-refractivity contribution < 1.29 is 18.0 Å². The van der Waals surface area contributed by atoms with Gasteiger partial charge in [0, 0.05) is 13.1 Å². The number of sulfonamides is 1. The van der Waals surface area contributed by atoms with Gasteiger partial charge in [0.05, 0.1) is 11.9 Å². The van der Waals surface area contributed by atoms with Crippen LogP contribution in [0.2, 0.25) is 0 Å². The number of carbonyl (C=O) groups is 2. The largest absolute Gasteiger partial charge is 0.354 e. The Kier molecular flexibility index (Phi) is 9.67. The van der Waals surface area contributed by atoms with Gasteiger partial charge in [-0.25, -0.2) is 8.42 Å². The molecule has 7 nitrogen and oxygen atoms in total. The molecule has 0 bridgehead atoms. The molecular formula is C26H37N3O4S. The summed E-state index contributed by atoms with van der Waals surface area (Å²) in [6, 6.07) is 13.9. The fourth-order valence-corrected chi connectivity index (χ4v) is 4.49. The van der Waals surface area contributed by atoms with E-state index in [9.17, 15) is 18.0 Å². The average molecular weight is 488 g/mol. The third kappa shape index (κ3) is 7.58. The molecule has 0 radical (unpaired) electrons. The van der Waals surface area contributed by atoms with Gasteiger partial charge < -0.3 is 10.2 Å².